The van der Waals surface area contributed by atoms with Gasteiger partial charge in [-0.2, -0.15) is 4.31 Å². The zero-order chi connectivity index (χ0) is 14.8. The summed E-state index contributed by atoms with van der Waals surface area (Å²) in [6, 6.07) is 8.48. The van der Waals surface area contributed by atoms with Crippen molar-refractivity contribution >= 4 is 28.3 Å². The Morgan fingerprint density at radius 2 is 1.67 bits per heavy atom. The molecule has 2 rings (SSSR count). The van der Waals surface area contributed by atoms with Gasteiger partial charge in [-0.1, -0.05) is 30.3 Å². The lowest BCUT2D eigenvalue weighted by Gasteiger charge is -2.34. The number of hydrogen-bond donors (Lipinski definition) is 1. The van der Waals surface area contributed by atoms with E-state index >= 15 is 0 Å². The van der Waals surface area contributed by atoms with Crippen LogP contribution in [0.15, 0.2) is 30.3 Å². The number of carbonyl (C=O) groups excluding carboxylic acids is 1. The Morgan fingerprint density at radius 3 is 2.14 bits per heavy atom. The first-order chi connectivity index (χ1) is 9.39. The van der Waals surface area contributed by atoms with Crippen molar-refractivity contribution in [2.45, 2.75) is 6.04 Å². The number of sulfonamides is 1. The normalized spacial score (nSPS) is 17.9. The molecule has 118 valence electrons. The van der Waals surface area contributed by atoms with Crippen LogP contribution < -0.4 is 5.73 Å². The van der Waals surface area contributed by atoms with E-state index < -0.39 is 16.1 Å². The summed E-state index contributed by atoms with van der Waals surface area (Å²) in [5, 5.41) is 0. The van der Waals surface area contributed by atoms with Gasteiger partial charge in [-0.05, 0) is 5.56 Å². The first kappa shape index (κ1) is 17.9. The number of rotatable bonds is 3. The molecule has 1 amide bonds. The highest BCUT2D eigenvalue weighted by molar-refractivity contribution is 7.88. The summed E-state index contributed by atoms with van der Waals surface area (Å²) in [4.78, 5) is 13.9. The number of piperazine rings is 1. The minimum absolute atomic E-state index is 0. The molecule has 1 fully saturated rings. The Morgan fingerprint density at radius 1 is 1.14 bits per heavy atom. The number of nitrogens with two attached hydrogens (primary N) is 1. The molecule has 0 aliphatic carbocycles. The quantitative estimate of drug-likeness (QED) is 0.857. The lowest BCUT2D eigenvalue weighted by molar-refractivity contribution is -0.133. The largest absolute Gasteiger partial charge is 0.338 e. The third-order valence-electron chi connectivity index (χ3n) is 3.44. The molecule has 1 aliphatic rings. The predicted molar refractivity (Wildman–Crippen MR) is 83.6 cm³/mol. The van der Waals surface area contributed by atoms with Crippen LogP contribution in [0.2, 0.25) is 0 Å². The Kier molecular flexibility index (Phi) is 6.15. The van der Waals surface area contributed by atoms with Gasteiger partial charge in [0.05, 0.1) is 6.26 Å². The van der Waals surface area contributed by atoms with Crippen molar-refractivity contribution in [2.75, 3.05) is 32.4 Å². The molecule has 1 heterocycles. The topological polar surface area (TPSA) is 83.7 Å². The summed E-state index contributed by atoms with van der Waals surface area (Å²) < 4.78 is 24.2. The second-order valence-electron chi connectivity index (χ2n) is 4.88. The van der Waals surface area contributed by atoms with Crippen LogP contribution in [0.3, 0.4) is 0 Å². The van der Waals surface area contributed by atoms with Crippen LogP contribution in [0.1, 0.15) is 11.6 Å². The number of halogens is 1. The van der Waals surface area contributed by atoms with Gasteiger partial charge >= 0.3 is 0 Å². The second kappa shape index (κ2) is 7.22. The molecule has 1 aromatic rings. The molecule has 8 heteroatoms. The van der Waals surface area contributed by atoms with Crippen LogP contribution in [0.4, 0.5) is 0 Å². The van der Waals surface area contributed by atoms with Crippen LogP contribution in [0.25, 0.3) is 0 Å². The van der Waals surface area contributed by atoms with E-state index in [0.717, 1.165) is 5.56 Å². The number of amides is 1. The Balaban J connectivity index is 0.00000220. The molecule has 0 spiro atoms. The van der Waals surface area contributed by atoms with E-state index in [1.165, 1.54) is 10.6 Å². The van der Waals surface area contributed by atoms with Crippen molar-refractivity contribution in [3.8, 4) is 0 Å². The fourth-order valence-corrected chi connectivity index (χ4v) is 3.07. The lowest BCUT2D eigenvalue weighted by Crippen LogP contribution is -2.52. The van der Waals surface area contributed by atoms with Crippen LogP contribution in [0, 0.1) is 0 Å². The fraction of sp³-hybridized carbons (Fsp3) is 0.462. The van der Waals surface area contributed by atoms with Crippen molar-refractivity contribution in [3.05, 3.63) is 35.9 Å². The predicted octanol–water partition coefficient (Wildman–Crippen LogP) is 0.212. The van der Waals surface area contributed by atoms with Crippen molar-refractivity contribution in [3.63, 3.8) is 0 Å². The van der Waals surface area contributed by atoms with Crippen LogP contribution in [-0.4, -0.2) is 56.0 Å². The zero-order valence-corrected chi connectivity index (χ0v) is 13.4. The summed E-state index contributed by atoms with van der Waals surface area (Å²) in [6.45, 7) is 1.41. The van der Waals surface area contributed by atoms with Gasteiger partial charge in [-0.15, -0.1) is 12.4 Å². The minimum Gasteiger partial charge on any atom is -0.338 e. The molecule has 1 aromatic carbocycles. The third-order valence-corrected chi connectivity index (χ3v) is 4.75. The van der Waals surface area contributed by atoms with Crippen molar-refractivity contribution in [1.29, 1.82) is 0 Å². The highest BCUT2D eigenvalue weighted by Crippen LogP contribution is 2.15. The molecule has 0 saturated carbocycles. The average molecular weight is 334 g/mol. The average Bonchev–Trinajstić information content (AvgIpc) is 2.46. The van der Waals surface area contributed by atoms with E-state index in [1.54, 1.807) is 4.90 Å². The number of benzene rings is 1. The second-order valence-corrected chi connectivity index (χ2v) is 6.86. The van der Waals surface area contributed by atoms with E-state index in [2.05, 4.69) is 0 Å². The zero-order valence-electron chi connectivity index (χ0n) is 11.8. The van der Waals surface area contributed by atoms with E-state index in [0.29, 0.717) is 26.2 Å². The van der Waals surface area contributed by atoms with Crippen LogP contribution in [-0.2, 0) is 14.8 Å². The molecule has 21 heavy (non-hydrogen) atoms. The first-order valence-corrected chi connectivity index (χ1v) is 8.29. The molecule has 0 bridgehead atoms. The Labute approximate surface area is 131 Å². The summed E-state index contributed by atoms with van der Waals surface area (Å²) in [5.41, 5.74) is 6.73. The Hall–Kier alpha value is -1.15. The van der Waals surface area contributed by atoms with E-state index in [-0.39, 0.29) is 18.3 Å². The number of carbonyl (C=O) groups is 1. The van der Waals surface area contributed by atoms with Crippen molar-refractivity contribution < 1.29 is 13.2 Å². The van der Waals surface area contributed by atoms with Gasteiger partial charge in [0.25, 0.3) is 0 Å². The summed E-state index contributed by atoms with van der Waals surface area (Å²) >= 11 is 0. The van der Waals surface area contributed by atoms with Crippen molar-refractivity contribution in [1.82, 2.24) is 9.21 Å². The molecule has 1 aliphatic heterocycles. The standard InChI is InChI=1S/C13H19N3O3S.ClH/c1-20(18,19)16-9-7-15(8-10-16)13(17)12(14)11-5-3-2-4-6-11;/h2-6,12H,7-10,14H2,1H3;1H. The maximum atomic E-state index is 12.3. The molecule has 6 nitrogen and oxygen atoms in total. The molecular weight excluding hydrogens is 314 g/mol. The van der Waals surface area contributed by atoms with Crippen molar-refractivity contribution in [2.24, 2.45) is 5.73 Å². The monoisotopic (exact) mass is 333 g/mol. The smallest absolute Gasteiger partial charge is 0.244 e. The molecular formula is C13H20ClN3O3S. The van der Waals surface area contributed by atoms with E-state index in [1.807, 2.05) is 30.3 Å². The number of nitrogens with zero attached hydrogens (tertiary/aromatic N) is 2. The highest BCUT2D eigenvalue weighted by Gasteiger charge is 2.28. The fourth-order valence-electron chi connectivity index (χ4n) is 2.24. The molecule has 0 aromatic heterocycles. The molecule has 0 radical (unpaired) electrons. The van der Waals surface area contributed by atoms with Gasteiger partial charge in [0, 0.05) is 26.2 Å². The summed E-state index contributed by atoms with van der Waals surface area (Å²) in [7, 11) is -3.18. The van der Waals surface area contributed by atoms with Gasteiger partial charge < -0.3 is 10.6 Å². The van der Waals surface area contributed by atoms with Crippen LogP contribution in [0.5, 0.6) is 0 Å². The third kappa shape index (κ3) is 4.41. The molecule has 1 atom stereocenters. The molecule has 1 saturated heterocycles. The summed E-state index contributed by atoms with van der Waals surface area (Å²) in [6.07, 6.45) is 1.18. The van der Waals surface area contributed by atoms with Gasteiger partial charge in [-0.3, -0.25) is 4.79 Å². The lowest BCUT2D eigenvalue weighted by atomic mass is 10.1. The highest BCUT2D eigenvalue weighted by atomic mass is 35.5. The number of hydrogen-bond acceptors (Lipinski definition) is 4. The van der Waals surface area contributed by atoms with Gasteiger partial charge in [0.1, 0.15) is 6.04 Å². The maximum Gasteiger partial charge on any atom is 0.244 e. The van der Waals surface area contributed by atoms with Gasteiger partial charge in [0.15, 0.2) is 0 Å². The van der Waals surface area contributed by atoms with E-state index in [9.17, 15) is 13.2 Å². The first-order valence-electron chi connectivity index (χ1n) is 6.44. The van der Waals surface area contributed by atoms with E-state index in [4.69, 9.17) is 5.73 Å². The van der Waals surface area contributed by atoms with Crippen LogP contribution >= 0.6 is 12.4 Å². The Bertz CT molecular complexity index is 572. The van der Waals surface area contributed by atoms with Gasteiger partial charge in [0.2, 0.25) is 15.9 Å². The molecule has 2 N–H and O–H groups in total. The maximum absolute atomic E-state index is 12.3. The van der Waals surface area contributed by atoms with Gasteiger partial charge in [-0.25, -0.2) is 8.42 Å². The molecule has 1 unspecified atom stereocenters. The SMILES string of the molecule is CS(=O)(=O)N1CCN(C(=O)C(N)c2ccccc2)CC1.Cl. The summed E-state index contributed by atoms with van der Waals surface area (Å²) in [5.74, 6) is -0.163. The minimum atomic E-state index is -3.18.